The maximum atomic E-state index is 12.4. The molecule has 2 aromatic carbocycles. The van der Waals surface area contributed by atoms with Gasteiger partial charge in [-0.05, 0) is 50.1 Å². The normalized spacial score (nSPS) is 11.4. The lowest BCUT2D eigenvalue weighted by Gasteiger charge is -2.13. The van der Waals surface area contributed by atoms with Crippen LogP contribution in [0.5, 0.6) is 5.75 Å². The number of hydrogen-bond donors (Lipinski definition) is 2. The number of halogens is 1. The van der Waals surface area contributed by atoms with Crippen LogP contribution in [0.25, 0.3) is 0 Å². The zero-order valence-electron chi connectivity index (χ0n) is 11.9. The highest BCUT2D eigenvalue weighted by molar-refractivity contribution is 7.92. The van der Waals surface area contributed by atoms with Crippen LogP contribution < -0.4 is 4.72 Å². The van der Waals surface area contributed by atoms with Crippen molar-refractivity contribution in [2.24, 2.45) is 0 Å². The summed E-state index contributed by atoms with van der Waals surface area (Å²) in [4.78, 5) is 0.171. The molecule has 0 heterocycles. The summed E-state index contributed by atoms with van der Waals surface area (Å²) in [7, 11) is -3.79. The van der Waals surface area contributed by atoms with Gasteiger partial charge in [0.1, 0.15) is 5.75 Å². The van der Waals surface area contributed by atoms with Crippen LogP contribution in [0.4, 0.5) is 5.69 Å². The van der Waals surface area contributed by atoms with Gasteiger partial charge >= 0.3 is 0 Å². The van der Waals surface area contributed by atoms with E-state index in [9.17, 15) is 13.5 Å². The van der Waals surface area contributed by atoms with Gasteiger partial charge in [0.25, 0.3) is 10.0 Å². The van der Waals surface area contributed by atoms with Gasteiger partial charge in [-0.1, -0.05) is 29.3 Å². The first-order valence-corrected chi connectivity index (χ1v) is 8.16. The monoisotopic (exact) mass is 325 g/mol. The molecule has 2 rings (SSSR count). The quantitative estimate of drug-likeness (QED) is 0.844. The first-order chi connectivity index (χ1) is 9.70. The average Bonchev–Trinajstić information content (AvgIpc) is 2.34. The second-order valence-electron chi connectivity index (χ2n) is 4.99. The third kappa shape index (κ3) is 3.31. The smallest absolute Gasteiger partial charge is 0.262 e. The second kappa shape index (κ2) is 5.58. The van der Waals surface area contributed by atoms with Crippen LogP contribution >= 0.6 is 11.6 Å². The van der Waals surface area contributed by atoms with Crippen molar-refractivity contribution in [2.45, 2.75) is 25.7 Å². The highest BCUT2D eigenvalue weighted by Crippen LogP contribution is 2.33. The zero-order chi connectivity index (χ0) is 15.8. The summed E-state index contributed by atoms with van der Waals surface area (Å²) in [6.45, 7) is 5.27. The van der Waals surface area contributed by atoms with E-state index in [-0.39, 0.29) is 16.3 Å². The molecule has 112 valence electrons. The first-order valence-electron chi connectivity index (χ1n) is 6.30. The van der Waals surface area contributed by atoms with E-state index in [2.05, 4.69) is 4.72 Å². The Kier molecular flexibility index (Phi) is 4.16. The molecule has 0 aliphatic heterocycles. The molecule has 0 aliphatic carbocycles. The fourth-order valence-corrected chi connectivity index (χ4v) is 3.67. The molecular weight excluding hydrogens is 310 g/mol. The number of benzene rings is 2. The van der Waals surface area contributed by atoms with Gasteiger partial charge in [-0.15, -0.1) is 0 Å². The number of anilines is 1. The lowest BCUT2D eigenvalue weighted by atomic mass is 10.2. The molecule has 4 nitrogen and oxygen atoms in total. The predicted molar refractivity (Wildman–Crippen MR) is 84.6 cm³/mol. The number of nitrogens with one attached hydrogen (secondary N) is 1. The second-order valence-corrected chi connectivity index (χ2v) is 7.08. The van der Waals surface area contributed by atoms with Gasteiger partial charge in [0.2, 0.25) is 0 Å². The predicted octanol–water partition coefficient (Wildman–Crippen LogP) is 3.77. The number of phenols is 1. The van der Waals surface area contributed by atoms with Crippen LogP contribution in [0, 0.1) is 20.8 Å². The molecule has 0 unspecified atom stereocenters. The van der Waals surface area contributed by atoms with Crippen molar-refractivity contribution in [2.75, 3.05) is 4.72 Å². The van der Waals surface area contributed by atoms with E-state index in [1.165, 1.54) is 6.07 Å². The Bertz CT molecular complexity index is 801. The Morgan fingerprint density at radius 1 is 1.05 bits per heavy atom. The van der Waals surface area contributed by atoms with Crippen LogP contribution in [0.3, 0.4) is 0 Å². The van der Waals surface area contributed by atoms with E-state index < -0.39 is 10.0 Å². The molecule has 0 amide bonds. The number of aryl methyl sites for hydroxylation is 3. The third-order valence-corrected chi connectivity index (χ3v) is 4.87. The summed E-state index contributed by atoms with van der Waals surface area (Å²) in [6, 6.07) is 8.00. The standard InChI is InChI=1S/C15H16ClNO3S/c1-9-4-5-14(10(2)6-9)21(19,20)17-13-8-12(16)7-11(3)15(13)18/h4-8,17-18H,1-3H3. The van der Waals surface area contributed by atoms with Crippen molar-refractivity contribution in [3.05, 3.63) is 52.0 Å². The Balaban J connectivity index is 2.47. The first kappa shape index (κ1) is 15.7. The molecule has 2 N–H and O–H groups in total. The molecule has 0 spiro atoms. The molecular formula is C15H16ClNO3S. The molecule has 0 bridgehead atoms. The molecule has 0 radical (unpaired) electrons. The van der Waals surface area contributed by atoms with Crippen LogP contribution in [0.2, 0.25) is 5.02 Å². The Labute approximate surface area is 129 Å². The van der Waals surface area contributed by atoms with Crippen molar-refractivity contribution >= 4 is 27.3 Å². The van der Waals surface area contributed by atoms with Crippen molar-refractivity contribution in [3.63, 3.8) is 0 Å². The molecule has 0 aliphatic rings. The maximum absolute atomic E-state index is 12.4. The molecule has 0 saturated carbocycles. The van der Waals surface area contributed by atoms with E-state index in [0.717, 1.165) is 5.56 Å². The summed E-state index contributed by atoms with van der Waals surface area (Å²) >= 11 is 5.90. The summed E-state index contributed by atoms with van der Waals surface area (Å²) < 4.78 is 27.3. The summed E-state index contributed by atoms with van der Waals surface area (Å²) in [6.07, 6.45) is 0. The highest BCUT2D eigenvalue weighted by atomic mass is 35.5. The summed E-state index contributed by atoms with van der Waals surface area (Å²) in [5.41, 5.74) is 2.19. The van der Waals surface area contributed by atoms with Gasteiger partial charge in [-0.2, -0.15) is 0 Å². The number of rotatable bonds is 3. The van der Waals surface area contributed by atoms with Crippen LogP contribution in [-0.2, 0) is 10.0 Å². The summed E-state index contributed by atoms with van der Waals surface area (Å²) in [5, 5.41) is 10.3. The lowest BCUT2D eigenvalue weighted by Crippen LogP contribution is -2.14. The highest BCUT2D eigenvalue weighted by Gasteiger charge is 2.19. The molecule has 0 atom stereocenters. The SMILES string of the molecule is Cc1ccc(S(=O)(=O)Nc2cc(Cl)cc(C)c2O)c(C)c1. The van der Waals surface area contributed by atoms with E-state index >= 15 is 0 Å². The van der Waals surface area contributed by atoms with Gasteiger partial charge < -0.3 is 5.11 Å². The topological polar surface area (TPSA) is 66.4 Å². The maximum Gasteiger partial charge on any atom is 0.262 e. The molecule has 0 saturated heterocycles. The Morgan fingerprint density at radius 2 is 1.71 bits per heavy atom. The number of aromatic hydroxyl groups is 1. The van der Waals surface area contributed by atoms with Crippen molar-refractivity contribution in [1.82, 2.24) is 0 Å². The van der Waals surface area contributed by atoms with Gasteiger partial charge in [-0.3, -0.25) is 4.72 Å². The van der Waals surface area contributed by atoms with Crippen LogP contribution in [0.1, 0.15) is 16.7 Å². The Morgan fingerprint density at radius 3 is 2.33 bits per heavy atom. The third-order valence-electron chi connectivity index (χ3n) is 3.13. The van der Waals surface area contributed by atoms with E-state index in [1.54, 1.807) is 38.1 Å². The molecule has 0 aromatic heterocycles. The van der Waals surface area contributed by atoms with Gasteiger partial charge in [0.05, 0.1) is 10.6 Å². The summed E-state index contributed by atoms with van der Waals surface area (Å²) in [5.74, 6) is -0.132. The van der Waals surface area contributed by atoms with E-state index in [1.807, 2.05) is 6.92 Å². The number of sulfonamides is 1. The van der Waals surface area contributed by atoms with Gasteiger partial charge in [0.15, 0.2) is 0 Å². The van der Waals surface area contributed by atoms with Crippen molar-refractivity contribution < 1.29 is 13.5 Å². The molecule has 21 heavy (non-hydrogen) atoms. The Hall–Kier alpha value is -1.72. The van der Waals surface area contributed by atoms with E-state index in [0.29, 0.717) is 16.1 Å². The minimum absolute atomic E-state index is 0.0694. The minimum Gasteiger partial charge on any atom is -0.505 e. The van der Waals surface area contributed by atoms with Crippen LogP contribution in [-0.4, -0.2) is 13.5 Å². The molecule has 2 aromatic rings. The van der Waals surface area contributed by atoms with Crippen molar-refractivity contribution in [1.29, 1.82) is 0 Å². The fraction of sp³-hybridized carbons (Fsp3) is 0.200. The lowest BCUT2D eigenvalue weighted by molar-refractivity contribution is 0.473. The molecule has 6 heteroatoms. The van der Waals surface area contributed by atoms with Gasteiger partial charge in [-0.25, -0.2) is 8.42 Å². The fourth-order valence-electron chi connectivity index (χ4n) is 2.11. The zero-order valence-corrected chi connectivity index (χ0v) is 13.5. The van der Waals surface area contributed by atoms with Crippen molar-refractivity contribution in [3.8, 4) is 5.75 Å². The minimum atomic E-state index is -3.79. The van der Waals surface area contributed by atoms with E-state index in [4.69, 9.17) is 11.6 Å². The number of phenolic OH excluding ortho intramolecular Hbond substituents is 1. The molecule has 0 fully saturated rings. The van der Waals surface area contributed by atoms with Crippen LogP contribution in [0.15, 0.2) is 35.2 Å². The van der Waals surface area contributed by atoms with Gasteiger partial charge in [0, 0.05) is 5.02 Å². The average molecular weight is 326 g/mol. The largest absolute Gasteiger partial charge is 0.505 e. The number of hydrogen-bond acceptors (Lipinski definition) is 3.